The number of rotatable bonds is 5. The smallest absolute Gasteiger partial charge is 0.410 e. The van der Waals surface area contributed by atoms with Gasteiger partial charge in [-0.3, -0.25) is 0 Å². The zero-order valence-corrected chi connectivity index (χ0v) is 9.91. The Labute approximate surface area is 85.2 Å². The predicted octanol–water partition coefficient (Wildman–Crippen LogP) is 1.65. The lowest BCUT2D eigenvalue weighted by Crippen LogP contribution is -2.41. The van der Waals surface area contributed by atoms with E-state index in [0.717, 1.165) is 0 Å². The molecule has 4 nitrogen and oxygen atoms in total. The number of carbonyl (C=O) groups excluding carboxylic acids is 1. The van der Waals surface area contributed by atoms with E-state index >= 15 is 0 Å². The van der Waals surface area contributed by atoms with Crippen molar-refractivity contribution >= 4 is 19.4 Å². The van der Waals surface area contributed by atoms with Crippen molar-refractivity contribution in [2.75, 3.05) is 6.61 Å². The Bertz CT molecular complexity index is 275. The lowest BCUT2D eigenvalue weighted by molar-refractivity contribution is -0.139. The van der Waals surface area contributed by atoms with E-state index in [-0.39, 0.29) is 11.9 Å². The van der Waals surface area contributed by atoms with E-state index in [1.54, 1.807) is 6.08 Å². The SMILES string of the molecule is C=CCCOC(=O)C(=[N+]=[N-])[Si](C)(C)C. The second-order valence-corrected chi connectivity index (χ2v) is 8.89. The van der Waals surface area contributed by atoms with E-state index in [2.05, 4.69) is 11.4 Å². The molecule has 0 radical (unpaired) electrons. The first-order chi connectivity index (χ1) is 6.43. The van der Waals surface area contributed by atoms with Gasteiger partial charge in [-0.2, -0.15) is 4.79 Å². The average molecular weight is 212 g/mol. The molecule has 0 saturated heterocycles. The Morgan fingerprint density at radius 1 is 1.57 bits per heavy atom. The highest BCUT2D eigenvalue weighted by molar-refractivity contribution is 7.11. The third-order valence-corrected chi connectivity index (χ3v) is 3.28. The Morgan fingerprint density at radius 2 is 2.14 bits per heavy atom. The van der Waals surface area contributed by atoms with Crippen molar-refractivity contribution in [3.8, 4) is 0 Å². The van der Waals surface area contributed by atoms with Crippen LogP contribution in [-0.2, 0) is 9.53 Å². The molecule has 0 bridgehead atoms. The van der Waals surface area contributed by atoms with Crippen LogP contribution in [0.15, 0.2) is 12.7 Å². The number of esters is 1. The molecule has 0 amide bonds. The van der Waals surface area contributed by atoms with E-state index in [0.29, 0.717) is 6.42 Å². The number of nitrogens with zero attached hydrogens (tertiary/aromatic N) is 2. The van der Waals surface area contributed by atoms with Crippen LogP contribution in [-0.4, -0.2) is 30.8 Å². The summed E-state index contributed by atoms with van der Waals surface area (Å²) in [6.07, 6.45) is 2.27. The second-order valence-electron chi connectivity index (χ2n) is 3.91. The van der Waals surface area contributed by atoms with Crippen molar-refractivity contribution in [2.45, 2.75) is 26.1 Å². The molecule has 14 heavy (non-hydrogen) atoms. The second kappa shape index (κ2) is 5.52. The Hall–Kier alpha value is -1.19. The standard InChI is InChI=1S/C9H16N2O2Si/c1-5-6-7-13-9(12)8(11-10)14(2,3)4/h5H,1,6-7H2,2-4H3. The van der Waals surface area contributed by atoms with Gasteiger partial charge in [0.15, 0.2) is 8.07 Å². The van der Waals surface area contributed by atoms with Crippen LogP contribution in [0.25, 0.3) is 5.53 Å². The Morgan fingerprint density at radius 3 is 2.50 bits per heavy atom. The molecule has 0 saturated carbocycles. The van der Waals surface area contributed by atoms with Crippen molar-refractivity contribution in [3.05, 3.63) is 18.2 Å². The maximum Gasteiger partial charge on any atom is 0.410 e. The first kappa shape index (κ1) is 12.8. The summed E-state index contributed by atoms with van der Waals surface area (Å²) in [5, 5.41) is 0.168. The van der Waals surface area contributed by atoms with E-state index in [9.17, 15) is 4.79 Å². The molecule has 0 aliphatic carbocycles. The summed E-state index contributed by atoms with van der Waals surface area (Å²) in [5.74, 6) is -0.520. The molecule has 0 spiro atoms. The molecule has 5 heteroatoms. The third-order valence-electron chi connectivity index (χ3n) is 1.56. The fourth-order valence-corrected chi connectivity index (χ4v) is 1.78. The van der Waals surface area contributed by atoms with Crippen molar-refractivity contribution in [3.63, 3.8) is 0 Å². The molecule has 0 aromatic rings. The summed E-state index contributed by atoms with van der Waals surface area (Å²) >= 11 is 0. The maximum atomic E-state index is 11.4. The summed E-state index contributed by atoms with van der Waals surface area (Å²) in [4.78, 5) is 14.4. The maximum absolute atomic E-state index is 11.4. The van der Waals surface area contributed by atoms with Gasteiger partial charge in [-0.25, -0.2) is 4.79 Å². The topological polar surface area (TPSA) is 62.7 Å². The van der Waals surface area contributed by atoms with Crippen LogP contribution in [0.5, 0.6) is 0 Å². The fourth-order valence-electron chi connectivity index (χ4n) is 0.800. The average Bonchev–Trinajstić information content (AvgIpc) is 2.03. The number of ether oxygens (including phenoxy) is 1. The lowest BCUT2D eigenvalue weighted by Gasteiger charge is -2.08. The summed E-state index contributed by atoms with van der Waals surface area (Å²) in [6.45, 7) is 9.53. The van der Waals surface area contributed by atoms with E-state index in [4.69, 9.17) is 10.3 Å². The van der Waals surface area contributed by atoms with Gasteiger partial charge >= 0.3 is 11.3 Å². The summed E-state index contributed by atoms with van der Waals surface area (Å²) in [6, 6.07) is 0. The normalized spacial score (nSPS) is 10.2. The Kier molecular flexibility index (Phi) is 5.05. The molecule has 0 atom stereocenters. The van der Waals surface area contributed by atoms with Gasteiger partial charge in [0.25, 0.3) is 0 Å². The summed E-state index contributed by atoms with van der Waals surface area (Å²) in [5.41, 5.74) is 8.69. The van der Waals surface area contributed by atoms with Crippen molar-refractivity contribution in [1.29, 1.82) is 0 Å². The van der Waals surface area contributed by atoms with Crippen LogP contribution >= 0.6 is 0 Å². The van der Waals surface area contributed by atoms with Crippen molar-refractivity contribution in [1.82, 2.24) is 0 Å². The molecule has 0 heterocycles. The highest BCUT2D eigenvalue weighted by Crippen LogP contribution is 2.03. The minimum Gasteiger partial charge on any atom is -0.457 e. The molecule has 0 aliphatic rings. The third kappa shape index (κ3) is 4.16. The molecule has 0 fully saturated rings. The molecule has 0 N–H and O–H groups in total. The fraction of sp³-hybridized carbons (Fsp3) is 0.556. The van der Waals surface area contributed by atoms with Gasteiger partial charge < -0.3 is 10.3 Å². The quantitative estimate of drug-likeness (QED) is 0.132. The highest BCUT2D eigenvalue weighted by atomic mass is 28.3. The highest BCUT2D eigenvalue weighted by Gasteiger charge is 2.37. The van der Waals surface area contributed by atoms with Gasteiger partial charge in [0.05, 0.1) is 6.61 Å². The monoisotopic (exact) mass is 212 g/mol. The Balaban J connectivity index is 4.36. The van der Waals surface area contributed by atoms with Gasteiger partial charge in [0, 0.05) is 0 Å². The summed E-state index contributed by atoms with van der Waals surface area (Å²) in [7, 11) is -1.91. The predicted molar refractivity (Wildman–Crippen MR) is 57.7 cm³/mol. The molecule has 0 aromatic heterocycles. The molecule has 0 aromatic carbocycles. The van der Waals surface area contributed by atoms with E-state index in [1.807, 2.05) is 19.6 Å². The van der Waals surface area contributed by atoms with Crippen LogP contribution in [0.1, 0.15) is 6.42 Å². The van der Waals surface area contributed by atoms with Crippen LogP contribution in [0, 0.1) is 0 Å². The van der Waals surface area contributed by atoms with Gasteiger partial charge in [-0.1, -0.05) is 25.7 Å². The molecular weight excluding hydrogens is 196 g/mol. The van der Waals surface area contributed by atoms with Gasteiger partial charge in [-0.05, 0) is 6.42 Å². The molecule has 0 aliphatic heterocycles. The number of hydrogen-bond donors (Lipinski definition) is 0. The molecule has 0 rings (SSSR count). The first-order valence-corrected chi connectivity index (χ1v) is 7.94. The van der Waals surface area contributed by atoms with Gasteiger partial charge in [0.2, 0.25) is 0 Å². The molecular formula is C9H16N2O2Si. The summed E-state index contributed by atoms with van der Waals surface area (Å²) < 4.78 is 4.90. The largest absolute Gasteiger partial charge is 0.457 e. The minimum atomic E-state index is -1.91. The van der Waals surface area contributed by atoms with Crippen molar-refractivity contribution in [2.24, 2.45) is 0 Å². The van der Waals surface area contributed by atoms with Gasteiger partial charge in [0.1, 0.15) is 0 Å². The van der Waals surface area contributed by atoms with Crippen LogP contribution < -0.4 is 0 Å². The van der Waals surface area contributed by atoms with Gasteiger partial charge in [-0.15, -0.1) is 6.58 Å². The number of carbonyl (C=O) groups is 1. The van der Waals surface area contributed by atoms with E-state index in [1.165, 1.54) is 0 Å². The first-order valence-electron chi connectivity index (χ1n) is 4.44. The van der Waals surface area contributed by atoms with E-state index < -0.39 is 14.0 Å². The lowest BCUT2D eigenvalue weighted by atomic mass is 10.5. The number of hydrogen-bond acceptors (Lipinski definition) is 2. The zero-order chi connectivity index (χ0) is 11.2. The van der Waals surface area contributed by atoms with Crippen LogP contribution in [0.2, 0.25) is 19.6 Å². The minimum absolute atomic E-state index is 0.168. The zero-order valence-electron chi connectivity index (χ0n) is 8.91. The van der Waals surface area contributed by atoms with Crippen LogP contribution in [0.3, 0.4) is 0 Å². The van der Waals surface area contributed by atoms with Crippen molar-refractivity contribution < 1.29 is 14.3 Å². The molecule has 78 valence electrons. The van der Waals surface area contributed by atoms with Crippen LogP contribution in [0.4, 0.5) is 0 Å². The molecule has 0 unspecified atom stereocenters.